The average molecular weight is 258 g/mol. The predicted octanol–water partition coefficient (Wildman–Crippen LogP) is 1.04. The van der Waals surface area contributed by atoms with Gasteiger partial charge in [0.05, 0.1) is 18.4 Å². The number of nitrogen functional groups attached to an aromatic ring is 1. The first kappa shape index (κ1) is 12.8. The quantitative estimate of drug-likeness (QED) is 0.565. The second-order valence-corrected chi connectivity index (χ2v) is 4.11. The first-order chi connectivity index (χ1) is 9.02. The molecule has 19 heavy (non-hydrogen) atoms. The van der Waals surface area contributed by atoms with Crippen molar-refractivity contribution in [3.63, 3.8) is 0 Å². The van der Waals surface area contributed by atoms with Crippen LogP contribution in [0.2, 0.25) is 0 Å². The number of nitrogens with zero attached hydrogens (tertiary/aromatic N) is 1. The van der Waals surface area contributed by atoms with Crippen molar-refractivity contribution in [2.75, 3.05) is 7.11 Å². The SMILES string of the molecule is COc1ccc(C)cc1-c1cc(C(=N)N)c(=O)[nH]n1. The van der Waals surface area contributed by atoms with Gasteiger partial charge in [0.2, 0.25) is 0 Å². The Balaban J connectivity index is 2.65. The number of nitrogens with one attached hydrogen (secondary N) is 2. The monoisotopic (exact) mass is 258 g/mol. The normalized spacial score (nSPS) is 10.2. The minimum atomic E-state index is -0.483. The predicted molar refractivity (Wildman–Crippen MR) is 72.6 cm³/mol. The van der Waals surface area contributed by atoms with Crippen molar-refractivity contribution in [3.8, 4) is 17.0 Å². The number of amidine groups is 1. The number of nitrogens with two attached hydrogens (primary N) is 1. The van der Waals surface area contributed by atoms with Crippen LogP contribution in [0.1, 0.15) is 11.1 Å². The van der Waals surface area contributed by atoms with Gasteiger partial charge in [-0.3, -0.25) is 10.2 Å². The number of H-pyrrole nitrogens is 1. The molecule has 1 aromatic carbocycles. The van der Waals surface area contributed by atoms with Crippen LogP contribution in [0.4, 0.5) is 0 Å². The molecular weight excluding hydrogens is 244 g/mol. The van der Waals surface area contributed by atoms with Crippen LogP contribution < -0.4 is 16.0 Å². The van der Waals surface area contributed by atoms with Gasteiger partial charge in [0.15, 0.2) is 0 Å². The summed E-state index contributed by atoms with van der Waals surface area (Å²) < 4.78 is 5.27. The molecule has 4 N–H and O–H groups in total. The van der Waals surface area contributed by atoms with Gasteiger partial charge in [-0.25, -0.2) is 5.10 Å². The molecule has 0 radical (unpaired) electrons. The Hall–Kier alpha value is -2.63. The van der Waals surface area contributed by atoms with E-state index in [1.165, 1.54) is 6.07 Å². The van der Waals surface area contributed by atoms with Gasteiger partial charge in [0.1, 0.15) is 11.6 Å². The van der Waals surface area contributed by atoms with Crippen LogP contribution >= 0.6 is 0 Å². The molecule has 6 nitrogen and oxygen atoms in total. The maximum absolute atomic E-state index is 11.5. The largest absolute Gasteiger partial charge is 0.496 e. The summed E-state index contributed by atoms with van der Waals surface area (Å²) in [7, 11) is 1.56. The van der Waals surface area contributed by atoms with Crippen LogP contribution in [-0.2, 0) is 0 Å². The zero-order valence-electron chi connectivity index (χ0n) is 10.7. The van der Waals surface area contributed by atoms with Crippen LogP contribution in [0.3, 0.4) is 0 Å². The van der Waals surface area contributed by atoms with Gasteiger partial charge in [-0.2, -0.15) is 5.10 Å². The topological polar surface area (TPSA) is 105 Å². The molecular formula is C13H14N4O2. The lowest BCUT2D eigenvalue weighted by Crippen LogP contribution is -2.24. The maximum Gasteiger partial charge on any atom is 0.275 e. The number of methoxy groups -OCH3 is 1. The maximum atomic E-state index is 11.5. The van der Waals surface area contributed by atoms with Crippen molar-refractivity contribution < 1.29 is 4.74 Å². The standard InChI is InChI=1S/C13H14N4O2/c1-7-3-4-11(19-2)8(5-7)10-6-9(12(14)15)13(18)17-16-10/h3-6H,1-2H3,(H3,14,15)(H,17,18). The van der Waals surface area contributed by atoms with Crippen LogP contribution in [0, 0.1) is 12.3 Å². The molecule has 0 spiro atoms. The number of rotatable bonds is 3. The summed E-state index contributed by atoms with van der Waals surface area (Å²) in [6, 6.07) is 7.12. The van der Waals surface area contributed by atoms with E-state index in [0.29, 0.717) is 11.4 Å². The summed E-state index contributed by atoms with van der Waals surface area (Å²) in [4.78, 5) is 11.5. The molecule has 1 aromatic heterocycles. The lowest BCUT2D eigenvalue weighted by atomic mass is 10.1. The highest BCUT2D eigenvalue weighted by Crippen LogP contribution is 2.28. The summed E-state index contributed by atoms with van der Waals surface area (Å²) in [5.41, 5.74) is 7.25. The van der Waals surface area contributed by atoms with E-state index in [0.717, 1.165) is 11.1 Å². The van der Waals surface area contributed by atoms with Crippen molar-refractivity contribution in [3.05, 3.63) is 45.7 Å². The number of hydrogen-bond donors (Lipinski definition) is 3. The molecule has 0 saturated carbocycles. The first-order valence-corrected chi connectivity index (χ1v) is 5.62. The number of ether oxygens (including phenoxy) is 1. The van der Waals surface area contributed by atoms with E-state index >= 15 is 0 Å². The summed E-state index contributed by atoms with van der Waals surface area (Å²) in [6.07, 6.45) is 0. The average Bonchev–Trinajstić information content (AvgIpc) is 2.39. The fourth-order valence-corrected chi connectivity index (χ4v) is 1.77. The van der Waals surface area contributed by atoms with Crippen LogP contribution in [0.5, 0.6) is 5.75 Å². The number of aromatic amines is 1. The fourth-order valence-electron chi connectivity index (χ4n) is 1.77. The molecule has 6 heteroatoms. The van der Waals surface area contributed by atoms with Crippen LogP contribution in [-0.4, -0.2) is 23.1 Å². The van der Waals surface area contributed by atoms with E-state index < -0.39 is 5.56 Å². The summed E-state index contributed by atoms with van der Waals surface area (Å²) in [5, 5.41) is 13.7. The summed E-state index contributed by atoms with van der Waals surface area (Å²) >= 11 is 0. The van der Waals surface area contributed by atoms with E-state index in [1.54, 1.807) is 7.11 Å². The van der Waals surface area contributed by atoms with Gasteiger partial charge < -0.3 is 10.5 Å². The third-order valence-electron chi connectivity index (χ3n) is 2.72. The number of benzene rings is 1. The Bertz CT molecular complexity index is 691. The summed E-state index contributed by atoms with van der Waals surface area (Å²) in [5.74, 6) is 0.344. The minimum absolute atomic E-state index is 0.0913. The Morgan fingerprint density at radius 3 is 2.79 bits per heavy atom. The number of hydrogen-bond acceptors (Lipinski definition) is 4. The molecule has 0 atom stereocenters. The minimum Gasteiger partial charge on any atom is -0.496 e. The Morgan fingerprint density at radius 2 is 2.16 bits per heavy atom. The number of aromatic nitrogens is 2. The molecule has 1 heterocycles. The second kappa shape index (κ2) is 4.93. The van der Waals surface area contributed by atoms with Gasteiger partial charge in [-0.15, -0.1) is 0 Å². The zero-order valence-corrected chi connectivity index (χ0v) is 10.7. The molecule has 0 unspecified atom stereocenters. The smallest absolute Gasteiger partial charge is 0.275 e. The molecule has 0 aliphatic rings. The van der Waals surface area contributed by atoms with E-state index in [-0.39, 0.29) is 11.4 Å². The van der Waals surface area contributed by atoms with Crippen molar-refractivity contribution in [1.82, 2.24) is 10.2 Å². The molecule has 98 valence electrons. The molecule has 2 aromatic rings. The third-order valence-corrected chi connectivity index (χ3v) is 2.72. The van der Waals surface area contributed by atoms with E-state index in [4.69, 9.17) is 15.9 Å². The highest BCUT2D eigenvalue weighted by molar-refractivity contribution is 5.95. The van der Waals surface area contributed by atoms with Gasteiger partial charge in [0.25, 0.3) is 5.56 Å². The first-order valence-electron chi connectivity index (χ1n) is 5.62. The van der Waals surface area contributed by atoms with E-state index in [9.17, 15) is 4.79 Å². The molecule has 0 aliphatic heterocycles. The fraction of sp³-hybridized carbons (Fsp3) is 0.154. The highest BCUT2D eigenvalue weighted by Gasteiger charge is 2.11. The van der Waals surface area contributed by atoms with Crippen LogP contribution in [0.15, 0.2) is 29.1 Å². The zero-order chi connectivity index (χ0) is 14.0. The second-order valence-electron chi connectivity index (χ2n) is 4.11. The van der Waals surface area contributed by atoms with Crippen molar-refractivity contribution in [2.24, 2.45) is 5.73 Å². The molecule has 0 fully saturated rings. The Labute approximate surface area is 109 Å². The van der Waals surface area contributed by atoms with Crippen LogP contribution in [0.25, 0.3) is 11.3 Å². The Morgan fingerprint density at radius 1 is 1.42 bits per heavy atom. The lowest BCUT2D eigenvalue weighted by molar-refractivity contribution is 0.416. The van der Waals surface area contributed by atoms with Gasteiger partial charge in [-0.1, -0.05) is 11.6 Å². The van der Waals surface area contributed by atoms with Crippen molar-refractivity contribution >= 4 is 5.84 Å². The molecule has 2 rings (SSSR count). The molecule has 0 saturated heterocycles. The highest BCUT2D eigenvalue weighted by atomic mass is 16.5. The molecule has 0 aliphatic carbocycles. The summed E-state index contributed by atoms with van der Waals surface area (Å²) in [6.45, 7) is 1.94. The van der Waals surface area contributed by atoms with E-state index in [2.05, 4.69) is 10.2 Å². The van der Waals surface area contributed by atoms with Gasteiger partial charge in [0, 0.05) is 5.56 Å². The Kier molecular flexibility index (Phi) is 3.33. The lowest BCUT2D eigenvalue weighted by Gasteiger charge is -2.09. The molecule has 0 bridgehead atoms. The van der Waals surface area contributed by atoms with Gasteiger partial charge in [-0.05, 0) is 25.1 Å². The van der Waals surface area contributed by atoms with Gasteiger partial charge >= 0.3 is 0 Å². The third kappa shape index (κ3) is 2.47. The van der Waals surface area contributed by atoms with Crippen molar-refractivity contribution in [2.45, 2.75) is 6.92 Å². The van der Waals surface area contributed by atoms with E-state index in [1.807, 2.05) is 25.1 Å². The molecule has 0 amide bonds. The van der Waals surface area contributed by atoms with Crippen molar-refractivity contribution in [1.29, 1.82) is 5.41 Å². The number of aryl methyl sites for hydroxylation is 1.